The lowest BCUT2D eigenvalue weighted by Gasteiger charge is -2.09. The van der Waals surface area contributed by atoms with E-state index in [1.54, 1.807) is 36.4 Å². The number of amides is 1. The van der Waals surface area contributed by atoms with Crippen molar-refractivity contribution in [3.05, 3.63) is 64.1 Å². The molecule has 2 aromatic carbocycles. The first-order chi connectivity index (χ1) is 9.08. The summed E-state index contributed by atoms with van der Waals surface area (Å²) >= 11 is 3.33. The summed E-state index contributed by atoms with van der Waals surface area (Å²) in [7, 11) is 0. The first-order valence-electron chi connectivity index (χ1n) is 5.75. The Balaban J connectivity index is 2.38. The van der Waals surface area contributed by atoms with Crippen molar-refractivity contribution in [1.29, 1.82) is 0 Å². The highest BCUT2D eigenvalue weighted by Crippen LogP contribution is 2.20. The van der Waals surface area contributed by atoms with Crippen LogP contribution in [0.2, 0.25) is 0 Å². The minimum atomic E-state index is -0.198. The Morgan fingerprint density at radius 1 is 1.00 bits per heavy atom. The number of hydrogen-bond acceptors (Lipinski definition) is 2. The summed E-state index contributed by atoms with van der Waals surface area (Å²) in [4.78, 5) is 23.5. The summed E-state index contributed by atoms with van der Waals surface area (Å²) in [5.74, 6) is -0.312. The van der Waals surface area contributed by atoms with Crippen molar-refractivity contribution in [3.63, 3.8) is 0 Å². The monoisotopic (exact) mass is 317 g/mol. The highest BCUT2D eigenvalue weighted by Gasteiger charge is 2.13. The number of carbonyl (C=O) groups is 2. The normalized spacial score (nSPS) is 10.0. The number of hydrogen-bond donors (Lipinski definition) is 1. The molecule has 0 saturated carbocycles. The van der Waals surface area contributed by atoms with E-state index in [0.717, 1.165) is 4.47 Å². The first kappa shape index (κ1) is 13.5. The van der Waals surface area contributed by atoms with Crippen molar-refractivity contribution in [3.8, 4) is 0 Å². The minimum Gasteiger partial charge on any atom is -0.326 e. The lowest BCUT2D eigenvalue weighted by molar-refractivity contribution is -0.114. The quantitative estimate of drug-likeness (QED) is 0.878. The molecule has 96 valence electrons. The molecule has 0 heterocycles. The van der Waals surface area contributed by atoms with Gasteiger partial charge in [0.25, 0.3) is 0 Å². The predicted molar refractivity (Wildman–Crippen MR) is 78.3 cm³/mol. The molecule has 3 nitrogen and oxygen atoms in total. The van der Waals surface area contributed by atoms with Crippen molar-refractivity contribution in [2.24, 2.45) is 0 Å². The van der Waals surface area contributed by atoms with Gasteiger partial charge in [0.2, 0.25) is 5.91 Å². The summed E-state index contributed by atoms with van der Waals surface area (Å²) in [5.41, 5.74) is 1.60. The Bertz CT molecular complexity index is 620. The maximum atomic E-state index is 12.4. The fraction of sp³-hybridized carbons (Fsp3) is 0.0667. The fourth-order valence-corrected chi connectivity index (χ4v) is 2.00. The van der Waals surface area contributed by atoms with Crippen LogP contribution >= 0.6 is 15.9 Å². The topological polar surface area (TPSA) is 46.2 Å². The zero-order chi connectivity index (χ0) is 13.8. The molecular weight excluding hydrogens is 306 g/mol. The van der Waals surface area contributed by atoms with Crippen molar-refractivity contribution >= 4 is 33.3 Å². The largest absolute Gasteiger partial charge is 0.326 e. The Labute approximate surface area is 119 Å². The SMILES string of the molecule is CC(=O)Nc1ccccc1C(=O)c1ccc(Br)cc1. The average molecular weight is 318 g/mol. The van der Waals surface area contributed by atoms with Gasteiger partial charge >= 0.3 is 0 Å². The van der Waals surface area contributed by atoms with Crippen molar-refractivity contribution in [1.82, 2.24) is 0 Å². The van der Waals surface area contributed by atoms with Gasteiger partial charge in [0, 0.05) is 22.5 Å². The molecule has 1 N–H and O–H groups in total. The summed E-state index contributed by atoms with van der Waals surface area (Å²) in [6.45, 7) is 1.42. The second-order valence-electron chi connectivity index (χ2n) is 4.06. The third-order valence-corrected chi connectivity index (χ3v) is 3.12. The molecule has 1 amide bonds. The van der Waals surface area contributed by atoms with E-state index < -0.39 is 0 Å². The van der Waals surface area contributed by atoms with Gasteiger partial charge in [0.05, 0.1) is 5.69 Å². The Morgan fingerprint density at radius 3 is 2.26 bits per heavy atom. The molecule has 0 aliphatic rings. The summed E-state index contributed by atoms with van der Waals surface area (Å²) in [6, 6.07) is 14.1. The molecule has 0 fully saturated rings. The number of benzene rings is 2. The number of ketones is 1. The minimum absolute atomic E-state index is 0.114. The lowest BCUT2D eigenvalue weighted by atomic mass is 10.0. The molecule has 2 aromatic rings. The molecule has 4 heteroatoms. The van der Waals surface area contributed by atoms with E-state index in [-0.39, 0.29) is 11.7 Å². The molecule has 0 spiro atoms. The fourth-order valence-electron chi connectivity index (χ4n) is 1.74. The molecule has 19 heavy (non-hydrogen) atoms. The van der Waals surface area contributed by atoms with Gasteiger partial charge in [-0.25, -0.2) is 0 Å². The number of carbonyl (C=O) groups excluding carboxylic acids is 2. The van der Waals surface area contributed by atoms with Gasteiger partial charge in [-0.3, -0.25) is 9.59 Å². The third-order valence-electron chi connectivity index (χ3n) is 2.59. The standard InChI is InChI=1S/C15H12BrNO2/c1-10(18)17-14-5-3-2-4-13(14)15(19)11-6-8-12(16)9-7-11/h2-9H,1H3,(H,17,18). The van der Waals surface area contributed by atoms with Crippen LogP contribution in [-0.2, 0) is 4.79 Å². The number of halogens is 1. The smallest absolute Gasteiger partial charge is 0.221 e. The van der Waals surface area contributed by atoms with Gasteiger partial charge in [-0.05, 0) is 36.4 Å². The zero-order valence-electron chi connectivity index (χ0n) is 10.3. The van der Waals surface area contributed by atoms with Crippen molar-refractivity contribution in [2.75, 3.05) is 5.32 Å². The van der Waals surface area contributed by atoms with Crippen LogP contribution in [-0.4, -0.2) is 11.7 Å². The van der Waals surface area contributed by atoms with E-state index in [1.165, 1.54) is 6.92 Å². The Morgan fingerprint density at radius 2 is 1.63 bits per heavy atom. The van der Waals surface area contributed by atoms with Crippen LogP contribution < -0.4 is 5.32 Å². The van der Waals surface area contributed by atoms with Crippen LogP contribution in [0.15, 0.2) is 53.0 Å². The van der Waals surface area contributed by atoms with Gasteiger partial charge in [0.1, 0.15) is 0 Å². The average Bonchev–Trinajstić information content (AvgIpc) is 2.39. The second kappa shape index (κ2) is 5.80. The van der Waals surface area contributed by atoms with Crippen molar-refractivity contribution < 1.29 is 9.59 Å². The third kappa shape index (κ3) is 3.29. The van der Waals surface area contributed by atoms with Crippen LogP contribution in [0.1, 0.15) is 22.8 Å². The second-order valence-corrected chi connectivity index (χ2v) is 4.98. The summed E-state index contributed by atoms with van der Waals surface area (Å²) in [6.07, 6.45) is 0. The molecule has 2 rings (SSSR count). The highest BCUT2D eigenvalue weighted by molar-refractivity contribution is 9.10. The Kier molecular flexibility index (Phi) is 4.12. The molecule has 0 saturated heterocycles. The number of anilines is 1. The van der Waals surface area contributed by atoms with Crippen LogP contribution in [0.3, 0.4) is 0 Å². The molecule has 0 radical (unpaired) electrons. The van der Waals surface area contributed by atoms with E-state index >= 15 is 0 Å². The molecule has 0 aliphatic carbocycles. The number of rotatable bonds is 3. The van der Waals surface area contributed by atoms with Crippen LogP contribution in [0.25, 0.3) is 0 Å². The van der Waals surface area contributed by atoms with Crippen LogP contribution in [0.5, 0.6) is 0 Å². The first-order valence-corrected chi connectivity index (χ1v) is 6.54. The predicted octanol–water partition coefficient (Wildman–Crippen LogP) is 3.64. The number of para-hydroxylation sites is 1. The van der Waals surface area contributed by atoms with Gasteiger partial charge in [-0.15, -0.1) is 0 Å². The maximum Gasteiger partial charge on any atom is 0.221 e. The molecular formula is C15H12BrNO2. The molecule has 0 atom stereocenters. The molecule has 0 unspecified atom stereocenters. The zero-order valence-corrected chi connectivity index (χ0v) is 11.9. The van der Waals surface area contributed by atoms with Gasteiger partial charge in [-0.1, -0.05) is 28.1 Å². The molecule has 0 aromatic heterocycles. The van der Waals surface area contributed by atoms with Crippen molar-refractivity contribution in [2.45, 2.75) is 6.92 Å². The summed E-state index contributed by atoms with van der Waals surface area (Å²) in [5, 5.41) is 2.67. The number of nitrogens with one attached hydrogen (secondary N) is 1. The highest BCUT2D eigenvalue weighted by atomic mass is 79.9. The Hall–Kier alpha value is -1.94. The van der Waals surface area contributed by atoms with E-state index in [9.17, 15) is 9.59 Å². The van der Waals surface area contributed by atoms with E-state index in [4.69, 9.17) is 0 Å². The van der Waals surface area contributed by atoms with Gasteiger partial charge in [-0.2, -0.15) is 0 Å². The van der Waals surface area contributed by atoms with Gasteiger partial charge < -0.3 is 5.32 Å². The van der Waals surface area contributed by atoms with Crippen LogP contribution in [0, 0.1) is 0 Å². The molecule has 0 bridgehead atoms. The van der Waals surface area contributed by atoms with Gasteiger partial charge in [0.15, 0.2) is 5.78 Å². The van der Waals surface area contributed by atoms with E-state index in [1.807, 2.05) is 12.1 Å². The van der Waals surface area contributed by atoms with E-state index in [2.05, 4.69) is 21.2 Å². The van der Waals surface area contributed by atoms with Crippen LogP contribution in [0.4, 0.5) is 5.69 Å². The lowest BCUT2D eigenvalue weighted by Crippen LogP contribution is -2.11. The van der Waals surface area contributed by atoms with E-state index in [0.29, 0.717) is 16.8 Å². The maximum absolute atomic E-state index is 12.4. The summed E-state index contributed by atoms with van der Waals surface area (Å²) < 4.78 is 0.916. The molecule has 0 aliphatic heterocycles.